The van der Waals surface area contributed by atoms with Gasteiger partial charge in [0.2, 0.25) is 0 Å². The highest BCUT2D eigenvalue weighted by molar-refractivity contribution is 7.98. The Morgan fingerprint density at radius 1 is 1.37 bits per heavy atom. The van der Waals surface area contributed by atoms with Crippen LogP contribution in [0.5, 0.6) is 0 Å². The minimum atomic E-state index is -0.0670. The number of ketones is 1. The Bertz CT molecular complexity index is 627. The SMILES string of the molecule is CSc1ncc2cc(C(C)=O)nc(NC(C)C)c2n1. The Morgan fingerprint density at radius 2 is 2.11 bits per heavy atom. The van der Waals surface area contributed by atoms with Gasteiger partial charge >= 0.3 is 0 Å². The molecule has 0 radical (unpaired) electrons. The highest BCUT2D eigenvalue weighted by Crippen LogP contribution is 2.23. The van der Waals surface area contributed by atoms with E-state index in [-0.39, 0.29) is 11.8 Å². The second-order valence-electron chi connectivity index (χ2n) is 4.51. The minimum absolute atomic E-state index is 0.0670. The van der Waals surface area contributed by atoms with Crippen molar-refractivity contribution < 1.29 is 4.79 Å². The first-order valence-corrected chi connectivity index (χ1v) is 7.23. The van der Waals surface area contributed by atoms with Crippen molar-refractivity contribution in [1.82, 2.24) is 15.0 Å². The summed E-state index contributed by atoms with van der Waals surface area (Å²) in [5.74, 6) is 0.568. The van der Waals surface area contributed by atoms with E-state index < -0.39 is 0 Å². The predicted molar refractivity (Wildman–Crippen MR) is 77.9 cm³/mol. The molecule has 100 valence electrons. The Kier molecular flexibility index (Phi) is 3.99. The Balaban J connectivity index is 2.67. The molecule has 0 saturated carbocycles. The molecule has 2 aromatic rings. The van der Waals surface area contributed by atoms with Crippen molar-refractivity contribution in [2.24, 2.45) is 0 Å². The minimum Gasteiger partial charge on any atom is -0.366 e. The number of hydrogen-bond donors (Lipinski definition) is 1. The van der Waals surface area contributed by atoms with E-state index in [1.165, 1.54) is 18.7 Å². The van der Waals surface area contributed by atoms with Gasteiger partial charge < -0.3 is 5.32 Å². The third-order valence-electron chi connectivity index (χ3n) is 2.51. The molecule has 0 aromatic carbocycles. The summed E-state index contributed by atoms with van der Waals surface area (Å²) in [5.41, 5.74) is 1.18. The molecule has 0 fully saturated rings. The summed E-state index contributed by atoms with van der Waals surface area (Å²) in [6, 6.07) is 1.94. The molecule has 5 nitrogen and oxygen atoms in total. The summed E-state index contributed by atoms with van der Waals surface area (Å²) in [6.07, 6.45) is 3.65. The van der Waals surface area contributed by atoms with Crippen LogP contribution < -0.4 is 5.32 Å². The topological polar surface area (TPSA) is 67.8 Å². The number of nitrogens with one attached hydrogen (secondary N) is 1. The summed E-state index contributed by atoms with van der Waals surface area (Å²) < 4.78 is 0. The lowest BCUT2D eigenvalue weighted by molar-refractivity contribution is 0.101. The molecule has 0 spiro atoms. The summed E-state index contributed by atoms with van der Waals surface area (Å²) >= 11 is 1.48. The van der Waals surface area contributed by atoms with Crippen molar-refractivity contribution in [3.05, 3.63) is 18.0 Å². The van der Waals surface area contributed by atoms with Crippen molar-refractivity contribution >= 4 is 34.3 Å². The van der Waals surface area contributed by atoms with E-state index >= 15 is 0 Å². The molecule has 2 rings (SSSR count). The van der Waals surface area contributed by atoms with E-state index in [1.54, 1.807) is 12.3 Å². The zero-order chi connectivity index (χ0) is 14.0. The van der Waals surface area contributed by atoms with Crippen molar-refractivity contribution in [1.29, 1.82) is 0 Å². The molecule has 2 heterocycles. The highest BCUT2D eigenvalue weighted by atomic mass is 32.2. The van der Waals surface area contributed by atoms with Gasteiger partial charge in [0.15, 0.2) is 16.8 Å². The predicted octanol–water partition coefficient (Wildman–Crippen LogP) is 2.77. The van der Waals surface area contributed by atoms with Gasteiger partial charge in [0.05, 0.1) is 0 Å². The lowest BCUT2D eigenvalue weighted by Gasteiger charge is -2.12. The Morgan fingerprint density at radius 3 is 2.68 bits per heavy atom. The van der Waals surface area contributed by atoms with E-state index in [0.717, 1.165) is 10.9 Å². The number of carbonyl (C=O) groups is 1. The van der Waals surface area contributed by atoms with Gasteiger partial charge in [0, 0.05) is 24.5 Å². The van der Waals surface area contributed by atoms with Crippen LogP contribution >= 0.6 is 11.8 Å². The number of carbonyl (C=O) groups excluding carboxylic acids is 1. The number of aromatic nitrogens is 3. The van der Waals surface area contributed by atoms with Crippen LogP contribution in [-0.2, 0) is 0 Å². The number of hydrogen-bond acceptors (Lipinski definition) is 6. The summed E-state index contributed by atoms with van der Waals surface area (Å²) in [4.78, 5) is 24.6. The molecule has 0 aliphatic heterocycles. The maximum atomic E-state index is 11.5. The summed E-state index contributed by atoms with van der Waals surface area (Å²) in [7, 11) is 0. The number of Topliss-reactive ketones (excluding diaryl/α,β-unsaturated/α-hetero) is 1. The number of rotatable bonds is 4. The van der Waals surface area contributed by atoms with E-state index in [0.29, 0.717) is 16.7 Å². The van der Waals surface area contributed by atoms with Gasteiger partial charge in [0.1, 0.15) is 11.2 Å². The van der Waals surface area contributed by atoms with Crippen LogP contribution in [0.3, 0.4) is 0 Å². The average Bonchev–Trinajstić information content (AvgIpc) is 2.37. The standard InChI is InChI=1S/C13H16N4OS/c1-7(2)15-12-11-9(5-10(16-12)8(3)18)6-14-13(17-11)19-4/h5-7H,1-4H3,(H,15,16). The first-order valence-electron chi connectivity index (χ1n) is 6.00. The number of nitrogens with zero attached hydrogens (tertiary/aromatic N) is 3. The summed E-state index contributed by atoms with van der Waals surface area (Å²) in [6.45, 7) is 5.54. The zero-order valence-electron chi connectivity index (χ0n) is 11.4. The molecule has 0 saturated heterocycles. The number of anilines is 1. The van der Waals surface area contributed by atoms with Gasteiger partial charge in [-0.1, -0.05) is 11.8 Å². The van der Waals surface area contributed by atoms with Gasteiger partial charge in [-0.2, -0.15) is 0 Å². The quantitative estimate of drug-likeness (QED) is 0.526. The van der Waals surface area contributed by atoms with Crippen LogP contribution in [0, 0.1) is 0 Å². The molecular formula is C13H16N4OS. The average molecular weight is 276 g/mol. The van der Waals surface area contributed by atoms with Crippen LogP contribution in [0.15, 0.2) is 17.4 Å². The molecule has 0 aliphatic rings. The molecule has 0 aliphatic carbocycles. The van der Waals surface area contributed by atoms with Crippen molar-refractivity contribution in [2.45, 2.75) is 32.0 Å². The smallest absolute Gasteiger partial charge is 0.187 e. The number of thioether (sulfide) groups is 1. The van der Waals surface area contributed by atoms with Crippen molar-refractivity contribution in [2.75, 3.05) is 11.6 Å². The largest absolute Gasteiger partial charge is 0.366 e. The second-order valence-corrected chi connectivity index (χ2v) is 5.28. The van der Waals surface area contributed by atoms with Crippen LogP contribution in [0.1, 0.15) is 31.3 Å². The lowest BCUT2D eigenvalue weighted by Crippen LogP contribution is -2.13. The van der Waals surface area contributed by atoms with Gasteiger partial charge in [-0.05, 0) is 26.2 Å². The lowest BCUT2D eigenvalue weighted by atomic mass is 10.2. The van der Waals surface area contributed by atoms with Crippen LogP contribution in [0.25, 0.3) is 10.9 Å². The number of fused-ring (bicyclic) bond motifs is 1. The molecule has 2 aromatic heterocycles. The Labute approximate surface area is 116 Å². The third-order valence-corrected chi connectivity index (χ3v) is 3.07. The van der Waals surface area contributed by atoms with E-state index in [2.05, 4.69) is 20.3 Å². The highest BCUT2D eigenvalue weighted by Gasteiger charge is 2.12. The van der Waals surface area contributed by atoms with Gasteiger partial charge in [-0.25, -0.2) is 15.0 Å². The molecule has 0 atom stereocenters. The molecule has 19 heavy (non-hydrogen) atoms. The molecule has 0 unspecified atom stereocenters. The fourth-order valence-electron chi connectivity index (χ4n) is 1.68. The fourth-order valence-corrected chi connectivity index (χ4v) is 2.02. The monoisotopic (exact) mass is 276 g/mol. The van der Waals surface area contributed by atoms with Crippen LogP contribution in [0.2, 0.25) is 0 Å². The van der Waals surface area contributed by atoms with Gasteiger partial charge in [0.25, 0.3) is 0 Å². The van der Waals surface area contributed by atoms with Gasteiger partial charge in [-0.3, -0.25) is 4.79 Å². The molecule has 0 amide bonds. The molecule has 1 N–H and O–H groups in total. The van der Waals surface area contributed by atoms with E-state index in [4.69, 9.17) is 0 Å². The second kappa shape index (κ2) is 5.52. The number of pyridine rings is 1. The van der Waals surface area contributed by atoms with Crippen molar-refractivity contribution in [3.8, 4) is 0 Å². The Hall–Kier alpha value is -1.69. The normalized spacial score (nSPS) is 11.0. The molecule has 0 bridgehead atoms. The summed E-state index contributed by atoms with van der Waals surface area (Å²) in [5, 5.41) is 4.74. The first-order chi connectivity index (χ1) is 9.01. The van der Waals surface area contributed by atoms with Gasteiger partial charge in [-0.15, -0.1) is 0 Å². The fraction of sp³-hybridized carbons (Fsp3) is 0.385. The third kappa shape index (κ3) is 3.01. The van der Waals surface area contributed by atoms with Crippen LogP contribution in [0.4, 0.5) is 5.82 Å². The van der Waals surface area contributed by atoms with Crippen LogP contribution in [-0.4, -0.2) is 33.0 Å². The van der Waals surface area contributed by atoms with E-state index in [1.807, 2.05) is 20.1 Å². The van der Waals surface area contributed by atoms with E-state index in [9.17, 15) is 4.79 Å². The maximum absolute atomic E-state index is 11.5. The van der Waals surface area contributed by atoms with Crippen molar-refractivity contribution in [3.63, 3.8) is 0 Å². The first kappa shape index (κ1) is 13.7. The zero-order valence-corrected chi connectivity index (χ0v) is 12.2. The molecule has 6 heteroatoms. The maximum Gasteiger partial charge on any atom is 0.187 e. The molecular weight excluding hydrogens is 260 g/mol.